The highest BCUT2D eigenvalue weighted by atomic mass is 32.1. The van der Waals surface area contributed by atoms with Crippen molar-refractivity contribution in [1.82, 2.24) is 9.88 Å². The highest BCUT2D eigenvalue weighted by Crippen LogP contribution is 2.36. The van der Waals surface area contributed by atoms with E-state index in [1.165, 1.54) is 9.71 Å². The molecule has 2 aromatic rings. The lowest BCUT2D eigenvalue weighted by molar-refractivity contribution is -0.169. The average molecular weight is 316 g/mol. The molecule has 2 saturated heterocycles. The van der Waals surface area contributed by atoms with Crippen LogP contribution in [0, 0.1) is 5.41 Å². The summed E-state index contributed by atoms with van der Waals surface area (Å²) >= 11 is 1.80. The number of fused-ring (bicyclic) bond motifs is 1. The minimum absolute atomic E-state index is 0.265. The molecule has 5 heteroatoms. The Bertz CT molecular complexity index is 667. The van der Waals surface area contributed by atoms with Crippen LogP contribution in [0.25, 0.3) is 10.2 Å². The third kappa shape index (κ3) is 2.32. The summed E-state index contributed by atoms with van der Waals surface area (Å²) in [5.41, 5.74) is 0.822. The van der Waals surface area contributed by atoms with Crippen LogP contribution in [0.15, 0.2) is 24.3 Å². The van der Waals surface area contributed by atoms with Crippen molar-refractivity contribution in [2.45, 2.75) is 25.7 Å². The second kappa shape index (κ2) is 5.32. The lowest BCUT2D eigenvalue weighted by atomic mass is 9.85. The predicted octanol–water partition coefficient (Wildman–Crippen LogP) is 3.04. The fourth-order valence-corrected chi connectivity index (χ4v) is 4.44. The number of benzene rings is 1. The van der Waals surface area contributed by atoms with Gasteiger partial charge in [0, 0.05) is 19.0 Å². The largest absolute Gasteiger partial charge is 0.379 e. The zero-order valence-electron chi connectivity index (χ0n) is 12.7. The highest BCUT2D eigenvalue weighted by Gasteiger charge is 2.44. The maximum Gasteiger partial charge on any atom is 0.233 e. The molecule has 3 heterocycles. The van der Waals surface area contributed by atoms with Gasteiger partial charge in [-0.25, -0.2) is 4.98 Å². The summed E-state index contributed by atoms with van der Waals surface area (Å²) in [6.45, 7) is 4.84. The molecule has 2 fully saturated rings. The molecule has 0 aliphatic carbocycles. The number of nitrogens with zero attached hydrogens (tertiary/aromatic N) is 2. The van der Waals surface area contributed by atoms with Crippen molar-refractivity contribution in [2.75, 3.05) is 26.3 Å². The molecule has 1 aromatic heterocycles. The summed E-state index contributed by atoms with van der Waals surface area (Å²) in [6, 6.07) is 8.31. The van der Waals surface area contributed by atoms with E-state index in [4.69, 9.17) is 9.72 Å². The quantitative estimate of drug-likeness (QED) is 0.855. The van der Waals surface area contributed by atoms with Gasteiger partial charge in [0.1, 0.15) is 0 Å². The molecule has 1 amide bonds. The summed E-state index contributed by atoms with van der Waals surface area (Å²) in [7, 11) is 0. The molecule has 4 rings (SSSR count). The third-order valence-corrected chi connectivity index (χ3v) is 6.00. The van der Waals surface area contributed by atoms with E-state index in [0.29, 0.717) is 19.1 Å². The number of carbonyl (C=O) groups excluding carboxylic acids is 1. The average Bonchev–Trinajstić information content (AvgIpc) is 2.96. The Morgan fingerprint density at radius 1 is 1.32 bits per heavy atom. The first-order valence-corrected chi connectivity index (χ1v) is 8.70. The lowest BCUT2D eigenvalue weighted by Crippen LogP contribution is -2.54. The SMILES string of the molecule is CC1(C(=O)N2CCC(c3nc4ccccc4s3)CC2)COC1. The smallest absolute Gasteiger partial charge is 0.233 e. The van der Waals surface area contributed by atoms with Gasteiger partial charge in [0.2, 0.25) is 5.91 Å². The standard InChI is InChI=1S/C17H20N2O2S/c1-17(10-21-11-17)16(20)19-8-6-12(7-9-19)15-18-13-4-2-3-5-14(13)22-15/h2-5,12H,6-11H2,1H3. The van der Waals surface area contributed by atoms with Gasteiger partial charge in [-0.3, -0.25) is 4.79 Å². The van der Waals surface area contributed by atoms with E-state index in [2.05, 4.69) is 18.2 Å². The topological polar surface area (TPSA) is 42.4 Å². The molecule has 2 aliphatic heterocycles. The number of thiazole rings is 1. The fourth-order valence-electron chi connectivity index (χ4n) is 3.31. The van der Waals surface area contributed by atoms with Gasteiger partial charge in [-0.05, 0) is 31.9 Å². The minimum Gasteiger partial charge on any atom is -0.379 e. The molecule has 0 saturated carbocycles. The van der Waals surface area contributed by atoms with E-state index >= 15 is 0 Å². The van der Waals surface area contributed by atoms with Crippen LogP contribution in [0.2, 0.25) is 0 Å². The number of rotatable bonds is 2. The number of para-hydroxylation sites is 1. The van der Waals surface area contributed by atoms with Crippen molar-refractivity contribution >= 4 is 27.5 Å². The summed E-state index contributed by atoms with van der Waals surface area (Å²) in [5.74, 6) is 0.758. The van der Waals surface area contributed by atoms with E-state index in [0.717, 1.165) is 31.4 Å². The fraction of sp³-hybridized carbons (Fsp3) is 0.529. The number of carbonyl (C=O) groups is 1. The Morgan fingerprint density at radius 3 is 2.68 bits per heavy atom. The van der Waals surface area contributed by atoms with Crippen LogP contribution in [-0.2, 0) is 9.53 Å². The van der Waals surface area contributed by atoms with Crippen molar-refractivity contribution in [1.29, 1.82) is 0 Å². The second-order valence-electron chi connectivity index (χ2n) is 6.64. The number of hydrogen-bond donors (Lipinski definition) is 0. The van der Waals surface area contributed by atoms with Gasteiger partial charge in [-0.1, -0.05) is 12.1 Å². The van der Waals surface area contributed by atoms with Crippen LogP contribution in [0.1, 0.15) is 30.7 Å². The Labute approximate surface area is 134 Å². The van der Waals surface area contributed by atoms with E-state index in [-0.39, 0.29) is 11.3 Å². The molecule has 0 bridgehead atoms. The lowest BCUT2D eigenvalue weighted by Gasteiger charge is -2.42. The van der Waals surface area contributed by atoms with Crippen molar-refractivity contribution in [2.24, 2.45) is 5.41 Å². The summed E-state index contributed by atoms with van der Waals surface area (Å²) < 4.78 is 6.48. The van der Waals surface area contributed by atoms with Gasteiger partial charge in [-0.15, -0.1) is 11.3 Å². The molecule has 2 aliphatic rings. The molecule has 0 atom stereocenters. The number of hydrogen-bond acceptors (Lipinski definition) is 4. The van der Waals surface area contributed by atoms with E-state index < -0.39 is 0 Å². The van der Waals surface area contributed by atoms with Crippen molar-refractivity contribution in [3.8, 4) is 0 Å². The molecule has 116 valence electrons. The highest BCUT2D eigenvalue weighted by molar-refractivity contribution is 7.18. The number of piperidine rings is 1. The number of amides is 1. The summed E-state index contributed by atoms with van der Waals surface area (Å²) in [4.78, 5) is 19.3. The van der Waals surface area contributed by atoms with Gasteiger partial charge < -0.3 is 9.64 Å². The summed E-state index contributed by atoms with van der Waals surface area (Å²) in [5, 5.41) is 1.23. The Kier molecular flexibility index (Phi) is 3.42. The zero-order valence-corrected chi connectivity index (χ0v) is 13.6. The van der Waals surface area contributed by atoms with Crippen LogP contribution in [0.4, 0.5) is 0 Å². The number of likely N-dealkylation sites (tertiary alicyclic amines) is 1. The van der Waals surface area contributed by atoms with Crippen LogP contribution < -0.4 is 0 Å². The van der Waals surface area contributed by atoms with Crippen LogP contribution in [0.3, 0.4) is 0 Å². The van der Waals surface area contributed by atoms with Gasteiger partial charge in [-0.2, -0.15) is 0 Å². The monoisotopic (exact) mass is 316 g/mol. The second-order valence-corrected chi connectivity index (χ2v) is 7.70. The molecule has 0 N–H and O–H groups in total. The maximum absolute atomic E-state index is 12.5. The zero-order chi connectivity index (χ0) is 15.2. The normalized spacial score (nSPS) is 21.8. The third-order valence-electron chi connectivity index (χ3n) is 4.80. The molecule has 0 radical (unpaired) electrons. The molecule has 0 spiro atoms. The van der Waals surface area contributed by atoms with Crippen LogP contribution >= 0.6 is 11.3 Å². The minimum atomic E-state index is -0.275. The van der Waals surface area contributed by atoms with E-state index in [1.54, 1.807) is 11.3 Å². The molecule has 1 aromatic carbocycles. The number of aromatic nitrogens is 1. The van der Waals surface area contributed by atoms with Gasteiger partial charge in [0.25, 0.3) is 0 Å². The van der Waals surface area contributed by atoms with E-state index in [9.17, 15) is 4.79 Å². The molecule has 0 unspecified atom stereocenters. The maximum atomic E-state index is 12.5. The van der Waals surface area contributed by atoms with Crippen LogP contribution in [-0.4, -0.2) is 42.1 Å². The van der Waals surface area contributed by atoms with Crippen molar-refractivity contribution in [3.63, 3.8) is 0 Å². The van der Waals surface area contributed by atoms with Crippen LogP contribution in [0.5, 0.6) is 0 Å². The van der Waals surface area contributed by atoms with Gasteiger partial charge in [0.05, 0.1) is 33.9 Å². The molecular weight excluding hydrogens is 296 g/mol. The number of ether oxygens (including phenoxy) is 1. The van der Waals surface area contributed by atoms with Crippen molar-refractivity contribution in [3.05, 3.63) is 29.3 Å². The first-order chi connectivity index (χ1) is 10.7. The molecule has 4 nitrogen and oxygen atoms in total. The Balaban J connectivity index is 1.44. The van der Waals surface area contributed by atoms with E-state index in [1.807, 2.05) is 17.9 Å². The van der Waals surface area contributed by atoms with Gasteiger partial charge >= 0.3 is 0 Å². The Morgan fingerprint density at radius 2 is 2.05 bits per heavy atom. The van der Waals surface area contributed by atoms with Gasteiger partial charge in [0.15, 0.2) is 0 Å². The predicted molar refractivity (Wildman–Crippen MR) is 87.1 cm³/mol. The summed E-state index contributed by atoms with van der Waals surface area (Å²) in [6.07, 6.45) is 2.03. The first kappa shape index (κ1) is 14.2. The first-order valence-electron chi connectivity index (χ1n) is 7.88. The molecular formula is C17H20N2O2S. The van der Waals surface area contributed by atoms with Crippen molar-refractivity contribution < 1.29 is 9.53 Å². The Hall–Kier alpha value is -1.46. The molecule has 22 heavy (non-hydrogen) atoms.